The molecule has 7 heteroatoms. The number of rotatable bonds is 7. The molecule has 2 saturated carbocycles. The fourth-order valence-corrected chi connectivity index (χ4v) is 6.57. The third-order valence-electron chi connectivity index (χ3n) is 8.38. The number of nitrogens with one attached hydrogen (secondary N) is 1. The summed E-state index contributed by atoms with van der Waals surface area (Å²) in [7, 11) is 1.88. The normalized spacial score (nSPS) is 31.6. The second kappa shape index (κ2) is 8.51. The fraction of sp³-hybridized carbons (Fsp3) is 0.708. The van der Waals surface area contributed by atoms with Crippen molar-refractivity contribution in [3.63, 3.8) is 0 Å². The SMILES string of the molecule is CN[C@H](CC1CCCCC1)C(=O)[N+]1(Cc2ccc(N)nc2C)CCC[C@@H]2C[C@@]21C(N)=O. The molecular formula is C24H38N5O2+. The summed E-state index contributed by atoms with van der Waals surface area (Å²) < 4.78 is 0.137. The van der Waals surface area contributed by atoms with Crippen molar-refractivity contribution in [3.05, 3.63) is 23.4 Å². The first-order valence-corrected chi connectivity index (χ1v) is 11.9. The Kier molecular flexibility index (Phi) is 6.10. The van der Waals surface area contributed by atoms with E-state index in [1.807, 2.05) is 20.0 Å². The zero-order valence-electron chi connectivity index (χ0n) is 19.0. The Morgan fingerprint density at radius 2 is 1.97 bits per heavy atom. The molecule has 2 heterocycles. The maximum atomic E-state index is 14.3. The van der Waals surface area contributed by atoms with E-state index < -0.39 is 5.54 Å². The monoisotopic (exact) mass is 428 g/mol. The third kappa shape index (κ3) is 3.76. The van der Waals surface area contributed by atoms with E-state index in [9.17, 15) is 9.59 Å². The van der Waals surface area contributed by atoms with Gasteiger partial charge < -0.3 is 16.8 Å². The molecule has 5 N–H and O–H groups in total. The molecule has 1 aromatic heterocycles. The van der Waals surface area contributed by atoms with Gasteiger partial charge in [-0.1, -0.05) is 32.1 Å². The van der Waals surface area contributed by atoms with Gasteiger partial charge in [-0.3, -0.25) is 4.79 Å². The Bertz CT molecular complexity index is 852. The molecule has 2 aliphatic carbocycles. The highest BCUT2D eigenvalue weighted by atomic mass is 16.2. The van der Waals surface area contributed by atoms with E-state index in [4.69, 9.17) is 11.5 Å². The summed E-state index contributed by atoms with van der Waals surface area (Å²) in [6.07, 6.45) is 9.65. The number of nitrogens with zero attached hydrogens (tertiary/aromatic N) is 2. The van der Waals surface area contributed by atoms with Gasteiger partial charge in [-0.25, -0.2) is 14.3 Å². The van der Waals surface area contributed by atoms with Gasteiger partial charge in [-0.05, 0) is 51.3 Å². The number of quaternary nitrogens is 1. The molecule has 3 aliphatic rings. The summed E-state index contributed by atoms with van der Waals surface area (Å²) in [5, 5.41) is 3.32. The van der Waals surface area contributed by atoms with Crippen LogP contribution in [0.2, 0.25) is 0 Å². The summed E-state index contributed by atoms with van der Waals surface area (Å²) in [6, 6.07) is 3.48. The number of likely N-dealkylation sites (N-methyl/N-ethyl adjacent to an activating group) is 1. The summed E-state index contributed by atoms with van der Waals surface area (Å²) in [5.41, 5.74) is 12.9. The number of nitrogens with two attached hydrogens (primary N) is 2. The average molecular weight is 429 g/mol. The number of primary amides is 1. The zero-order valence-corrected chi connectivity index (χ0v) is 19.0. The number of piperidine rings is 1. The van der Waals surface area contributed by atoms with Crippen molar-refractivity contribution in [2.24, 2.45) is 17.6 Å². The van der Waals surface area contributed by atoms with Gasteiger partial charge >= 0.3 is 5.91 Å². The fourth-order valence-electron chi connectivity index (χ4n) is 6.57. The molecule has 1 aliphatic heterocycles. The Labute approximate surface area is 185 Å². The first-order valence-electron chi connectivity index (χ1n) is 11.9. The van der Waals surface area contributed by atoms with Crippen LogP contribution in [-0.4, -0.2) is 46.5 Å². The number of fused-ring (bicyclic) bond motifs is 1. The first-order chi connectivity index (χ1) is 14.8. The van der Waals surface area contributed by atoms with Crippen LogP contribution < -0.4 is 16.8 Å². The summed E-state index contributed by atoms with van der Waals surface area (Å²) >= 11 is 0. The molecular weight excluding hydrogens is 390 g/mol. The largest absolute Gasteiger partial charge is 0.384 e. The third-order valence-corrected chi connectivity index (χ3v) is 8.38. The number of nitrogen functional groups attached to an aromatic ring is 1. The molecule has 2 amide bonds. The predicted molar refractivity (Wildman–Crippen MR) is 121 cm³/mol. The molecule has 1 unspecified atom stereocenters. The van der Waals surface area contributed by atoms with Gasteiger partial charge in [0.1, 0.15) is 18.4 Å². The molecule has 170 valence electrons. The van der Waals surface area contributed by atoms with Crippen molar-refractivity contribution in [1.29, 1.82) is 0 Å². The Hall–Kier alpha value is -1.99. The number of likely N-dealkylation sites (tertiary alicyclic amines) is 1. The van der Waals surface area contributed by atoms with E-state index in [2.05, 4.69) is 10.3 Å². The first kappa shape index (κ1) is 22.2. The number of hydrogen-bond acceptors (Lipinski definition) is 5. The van der Waals surface area contributed by atoms with Crippen molar-refractivity contribution in [2.75, 3.05) is 19.3 Å². The molecule has 0 aromatic carbocycles. The van der Waals surface area contributed by atoms with Crippen LogP contribution in [0.4, 0.5) is 5.82 Å². The molecule has 1 saturated heterocycles. The summed E-state index contributed by atoms with van der Waals surface area (Å²) in [5.74, 6) is 1.05. The van der Waals surface area contributed by atoms with Crippen LogP contribution in [0.1, 0.15) is 69.0 Å². The smallest absolute Gasteiger partial charge is 0.331 e. The highest BCUT2D eigenvalue weighted by Crippen LogP contribution is 2.59. The number of pyridine rings is 1. The number of aryl methyl sites for hydroxylation is 1. The number of carbonyl (C=O) groups is 2. The van der Waals surface area contributed by atoms with Crippen molar-refractivity contribution >= 4 is 17.6 Å². The number of amides is 2. The van der Waals surface area contributed by atoms with Gasteiger partial charge in [-0.15, -0.1) is 0 Å². The second-order valence-corrected chi connectivity index (χ2v) is 10.1. The minimum absolute atomic E-state index is 0.130. The minimum Gasteiger partial charge on any atom is -0.384 e. The van der Waals surface area contributed by atoms with Crippen LogP contribution >= 0.6 is 0 Å². The van der Waals surface area contributed by atoms with Gasteiger partial charge in [0.05, 0.1) is 6.54 Å². The molecule has 31 heavy (non-hydrogen) atoms. The van der Waals surface area contributed by atoms with Crippen LogP contribution in [0, 0.1) is 18.8 Å². The Morgan fingerprint density at radius 3 is 2.61 bits per heavy atom. The minimum atomic E-state index is -0.773. The van der Waals surface area contributed by atoms with Crippen molar-refractivity contribution in [3.8, 4) is 0 Å². The van der Waals surface area contributed by atoms with Gasteiger partial charge in [0, 0.05) is 23.6 Å². The van der Waals surface area contributed by atoms with Gasteiger partial charge in [0.2, 0.25) is 0 Å². The van der Waals surface area contributed by atoms with Gasteiger partial charge in [0.25, 0.3) is 5.91 Å². The number of anilines is 1. The molecule has 0 radical (unpaired) electrons. The molecule has 3 fully saturated rings. The lowest BCUT2D eigenvalue weighted by atomic mass is 9.83. The summed E-state index contributed by atoms with van der Waals surface area (Å²) in [4.78, 5) is 31.6. The second-order valence-electron chi connectivity index (χ2n) is 10.1. The average Bonchev–Trinajstić information content (AvgIpc) is 3.52. The molecule has 4 rings (SSSR count). The quantitative estimate of drug-likeness (QED) is 0.578. The van der Waals surface area contributed by atoms with Gasteiger partial charge in [-0.2, -0.15) is 0 Å². The van der Waals surface area contributed by atoms with Crippen LogP contribution in [0.5, 0.6) is 0 Å². The van der Waals surface area contributed by atoms with Crippen LogP contribution in [0.15, 0.2) is 12.1 Å². The van der Waals surface area contributed by atoms with E-state index in [0.29, 0.717) is 24.8 Å². The van der Waals surface area contributed by atoms with E-state index in [1.165, 1.54) is 32.1 Å². The molecule has 7 nitrogen and oxygen atoms in total. The predicted octanol–water partition coefficient (Wildman–Crippen LogP) is 2.41. The number of hydrogen-bond donors (Lipinski definition) is 3. The standard InChI is InChI=1S/C24H37N5O2/c1-16-18(10-11-21(25)28-16)15-29(12-6-9-19-14-24(19,29)23(26)31)22(30)20(27-2)13-17-7-4-3-5-8-17/h10-11,17,19-20,27H,3-9,12-15H2,1-2H3,(H3-,25,26,28,31)/p+1/t19-,20-,24+,29?/m1/s1. The molecule has 1 aromatic rings. The van der Waals surface area contributed by atoms with E-state index >= 15 is 0 Å². The van der Waals surface area contributed by atoms with Crippen molar-refractivity contribution in [2.45, 2.75) is 82.8 Å². The van der Waals surface area contributed by atoms with E-state index in [0.717, 1.165) is 36.9 Å². The zero-order chi connectivity index (χ0) is 22.2. The highest BCUT2D eigenvalue weighted by Gasteiger charge is 2.76. The molecule has 0 spiro atoms. The Balaban J connectivity index is 1.71. The molecule has 4 atom stereocenters. The summed E-state index contributed by atoms with van der Waals surface area (Å²) in [6.45, 7) is 3.04. The highest BCUT2D eigenvalue weighted by molar-refractivity contribution is 5.91. The van der Waals surface area contributed by atoms with Crippen LogP contribution in [-0.2, 0) is 16.1 Å². The molecule has 0 bridgehead atoms. The van der Waals surface area contributed by atoms with Crippen LogP contribution in [0.3, 0.4) is 0 Å². The van der Waals surface area contributed by atoms with E-state index in [1.54, 1.807) is 6.07 Å². The number of carbonyl (C=O) groups excluding carboxylic acids is 2. The lowest BCUT2D eigenvalue weighted by Crippen LogP contribution is -2.71. The van der Waals surface area contributed by atoms with Gasteiger partial charge in [0.15, 0.2) is 5.54 Å². The van der Waals surface area contributed by atoms with E-state index in [-0.39, 0.29) is 28.3 Å². The van der Waals surface area contributed by atoms with Crippen LogP contribution in [0.25, 0.3) is 0 Å². The topological polar surface area (TPSA) is 111 Å². The Morgan fingerprint density at radius 1 is 1.23 bits per heavy atom. The maximum absolute atomic E-state index is 14.3. The van der Waals surface area contributed by atoms with Crippen molar-refractivity contribution < 1.29 is 14.1 Å². The lowest BCUT2D eigenvalue weighted by molar-refractivity contribution is -0.900. The maximum Gasteiger partial charge on any atom is 0.331 e. The van der Waals surface area contributed by atoms with Crippen molar-refractivity contribution in [1.82, 2.24) is 10.3 Å². The number of aromatic nitrogens is 1. The lowest BCUT2D eigenvalue weighted by Gasteiger charge is -2.46.